The van der Waals surface area contributed by atoms with Gasteiger partial charge in [0.1, 0.15) is 11.2 Å². The highest BCUT2D eigenvalue weighted by Crippen LogP contribution is 2.54. The molecule has 0 saturated carbocycles. The van der Waals surface area contributed by atoms with E-state index in [-0.39, 0.29) is 12.8 Å². The minimum absolute atomic E-state index is 0.0626. The summed E-state index contributed by atoms with van der Waals surface area (Å²) in [7, 11) is 0. The van der Waals surface area contributed by atoms with Crippen molar-refractivity contribution in [2.75, 3.05) is 0 Å². The number of fused-ring (bicyclic) bond motifs is 17. The first-order valence-electron chi connectivity index (χ1n) is 16.4. The van der Waals surface area contributed by atoms with Crippen molar-refractivity contribution in [2.24, 2.45) is 0 Å². The van der Waals surface area contributed by atoms with Crippen LogP contribution in [0, 0.1) is 0 Å². The molecule has 1 aliphatic carbocycles. The first-order chi connectivity index (χ1) is 23.3. The lowest BCUT2D eigenvalue weighted by molar-refractivity contribution is 0.670. The summed E-state index contributed by atoms with van der Waals surface area (Å²) in [5.41, 5.74) is 16.1. The third-order valence-electron chi connectivity index (χ3n) is 11.4. The molecule has 0 fully saturated rings. The highest BCUT2D eigenvalue weighted by Gasteiger charge is 2.47. The standard InChI is InChI=1S/C42H22BNOS2/c1-4-16-32-21(9-1)29-20-28-27-19-30-22-10-2-5-17-33(22)46-41(30)25-13-8-15-31(35(25)27)43-37(28)36(40(29)45-32)24-12-7-14-26-38(24)44(43)39-23-11-3-6-18-34(23)47-42(26)39/h1-18,20,27H,19H2. The van der Waals surface area contributed by atoms with Gasteiger partial charge in [0.25, 0.3) is 0 Å². The van der Waals surface area contributed by atoms with Crippen LogP contribution in [0.5, 0.6) is 0 Å². The Hall–Kier alpha value is -5.10. The largest absolute Gasteiger partial charge is 0.455 e. The molecule has 1 unspecified atom stereocenters. The van der Waals surface area contributed by atoms with Crippen LogP contribution in [-0.2, 0) is 6.42 Å². The number of rotatable bonds is 0. The molecule has 3 aliphatic rings. The first kappa shape index (κ1) is 24.1. The van der Waals surface area contributed by atoms with Crippen molar-refractivity contribution in [1.29, 1.82) is 0 Å². The minimum atomic E-state index is 0.0626. The zero-order chi connectivity index (χ0) is 30.1. The molecule has 0 saturated heterocycles. The third-order valence-corrected chi connectivity index (χ3v) is 13.8. The number of benzene rings is 6. The zero-order valence-electron chi connectivity index (χ0n) is 25.0. The summed E-state index contributed by atoms with van der Waals surface area (Å²) in [4.78, 5) is 1.46. The second kappa shape index (κ2) is 8.06. The summed E-state index contributed by atoms with van der Waals surface area (Å²) in [5, 5.41) is 6.55. The lowest BCUT2D eigenvalue weighted by Gasteiger charge is -2.40. The average Bonchev–Trinajstić information content (AvgIpc) is 3.87. The van der Waals surface area contributed by atoms with Crippen molar-refractivity contribution in [3.8, 4) is 21.6 Å². The predicted octanol–water partition coefficient (Wildman–Crippen LogP) is 10.4. The molecule has 216 valence electrons. The lowest BCUT2D eigenvalue weighted by Crippen LogP contribution is -2.57. The first-order valence-corrected chi connectivity index (χ1v) is 18.0. The number of hydrogen-bond acceptors (Lipinski definition) is 3. The van der Waals surface area contributed by atoms with Gasteiger partial charge in [-0.3, -0.25) is 0 Å². The molecule has 0 N–H and O–H groups in total. The summed E-state index contributed by atoms with van der Waals surface area (Å²) in [6, 6.07) is 43.2. The molecule has 6 aromatic carbocycles. The lowest BCUT2D eigenvalue weighted by atomic mass is 9.40. The fourth-order valence-electron chi connectivity index (χ4n) is 9.68. The summed E-state index contributed by atoms with van der Waals surface area (Å²) < 4.78 is 13.7. The Labute approximate surface area is 277 Å². The molecule has 1 atom stereocenters. The number of furan rings is 1. The Morgan fingerprint density at radius 1 is 0.660 bits per heavy atom. The topological polar surface area (TPSA) is 18.1 Å². The predicted molar refractivity (Wildman–Crippen MR) is 201 cm³/mol. The van der Waals surface area contributed by atoms with E-state index < -0.39 is 0 Å². The Balaban J connectivity index is 1.28. The molecule has 47 heavy (non-hydrogen) atoms. The van der Waals surface area contributed by atoms with Crippen LogP contribution in [0.15, 0.2) is 120 Å². The summed E-state index contributed by atoms with van der Waals surface area (Å²) >= 11 is 3.91. The van der Waals surface area contributed by atoms with Crippen LogP contribution in [0.3, 0.4) is 0 Å². The van der Waals surface area contributed by atoms with Crippen molar-refractivity contribution in [3.05, 3.63) is 132 Å². The van der Waals surface area contributed by atoms with Crippen molar-refractivity contribution in [1.82, 2.24) is 4.48 Å². The molecule has 0 radical (unpaired) electrons. The number of hydrogen-bond donors (Lipinski definition) is 0. The summed E-state index contributed by atoms with van der Waals surface area (Å²) in [5.74, 6) is 0.279. The van der Waals surface area contributed by atoms with Crippen LogP contribution in [0.4, 0.5) is 0 Å². The van der Waals surface area contributed by atoms with E-state index in [9.17, 15) is 0 Å². The Bertz CT molecular complexity index is 3080. The van der Waals surface area contributed by atoms with E-state index >= 15 is 0 Å². The number of thiophene rings is 2. The van der Waals surface area contributed by atoms with Crippen LogP contribution in [0.2, 0.25) is 0 Å². The van der Waals surface area contributed by atoms with Crippen LogP contribution in [0.25, 0.3) is 84.8 Å². The summed E-state index contributed by atoms with van der Waals surface area (Å²) in [6.45, 7) is 0.0626. The molecular formula is C42H22BNOS2. The molecule has 0 spiro atoms. The van der Waals surface area contributed by atoms with E-state index in [2.05, 4.69) is 120 Å². The molecule has 5 heteroatoms. The van der Waals surface area contributed by atoms with Crippen LogP contribution >= 0.6 is 22.7 Å². The Morgan fingerprint density at radius 2 is 1.40 bits per heavy atom. The number of para-hydroxylation sites is 2. The fraction of sp³-hybridized carbons (Fsp3) is 0.0476. The van der Waals surface area contributed by atoms with E-state index in [4.69, 9.17) is 4.42 Å². The smallest absolute Gasteiger partial charge is 0.329 e. The molecule has 6 heterocycles. The van der Waals surface area contributed by atoms with Gasteiger partial charge in [0, 0.05) is 58.4 Å². The molecule has 0 amide bonds. The van der Waals surface area contributed by atoms with Gasteiger partial charge in [-0.25, -0.2) is 0 Å². The van der Waals surface area contributed by atoms with Gasteiger partial charge in [-0.15, -0.1) is 22.7 Å². The summed E-state index contributed by atoms with van der Waals surface area (Å²) in [6.07, 6.45) is 1.02. The molecule has 13 rings (SSSR count). The van der Waals surface area contributed by atoms with Crippen LogP contribution < -0.4 is 10.9 Å². The SMILES string of the molecule is c1cc2c3c(c1)-c1sc4ccccc4c1CC3c1cc3c(oc4ccccc43)c3c1B2n1c2c-3cccc2c2sc3ccccc3c21. The van der Waals surface area contributed by atoms with Crippen molar-refractivity contribution < 1.29 is 4.42 Å². The van der Waals surface area contributed by atoms with Crippen molar-refractivity contribution >= 4 is 104 Å². The van der Waals surface area contributed by atoms with Gasteiger partial charge in [0.2, 0.25) is 0 Å². The molecule has 4 aromatic heterocycles. The Kier molecular flexibility index (Phi) is 4.14. The Morgan fingerprint density at radius 3 is 2.32 bits per heavy atom. The van der Waals surface area contributed by atoms with Gasteiger partial charge >= 0.3 is 6.85 Å². The normalized spacial score (nSPS) is 15.7. The zero-order valence-corrected chi connectivity index (χ0v) is 26.6. The molecule has 2 aliphatic heterocycles. The third kappa shape index (κ3) is 2.68. The maximum absolute atomic E-state index is 6.89. The van der Waals surface area contributed by atoms with Gasteiger partial charge < -0.3 is 8.90 Å². The van der Waals surface area contributed by atoms with Gasteiger partial charge in [-0.2, -0.15) is 0 Å². The van der Waals surface area contributed by atoms with E-state index in [0.717, 1.165) is 17.6 Å². The second-order valence-corrected chi connectivity index (χ2v) is 15.6. The number of aromatic nitrogens is 1. The highest BCUT2D eigenvalue weighted by atomic mass is 32.1. The number of nitrogens with zero attached hydrogens (tertiary/aromatic N) is 1. The fourth-order valence-corrected chi connectivity index (χ4v) is 12.2. The molecular weight excluding hydrogens is 609 g/mol. The molecule has 0 bridgehead atoms. The van der Waals surface area contributed by atoms with Crippen molar-refractivity contribution in [3.63, 3.8) is 0 Å². The van der Waals surface area contributed by atoms with Crippen LogP contribution in [-0.4, -0.2) is 11.3 Å². The second-order valence-electron chi connectivity index (χ2n) is 13.5. The van der Waals surface area contributed by atoms with Gasteiger partial charge in [-0.1, -0.05) is 91.0 Å². The average molecular weight is 632 g/mol. The van der Waals surface area contributed by atoms with E-state index in [1.165, 1.54) is 101 Å². The van der Waals surface area contributed by atoms with E-state index in [1.54, 1.807) is 0 Å². The monoisotopic (exact) mass is 631 g/mol. The molecule has 2 nitrogen and oxygen atoms in total. The maximum atomic E-state index is 6.89. The van der Waals surface area contributed by atoms with Crippen molar-refractivity contribution in [2.45, 2.75) is 12.3 Å². The maximum Gasteiger partial charge on any atom is 0.329 e. The van der Waals surface area contributed by atoms with Gasteiger partial charge in [-0.05, 0) is 69.3 Å². The van der Waals surface area contributed by atoms with E-state index in [1.807, 2.05) is 22.7 Å². The van der Waals surface area contributed by atoms with E-state index in [0.29, 0.717) is 0 Å². The highest BCUT2D eigenvalue weighted by molar-refractivity contribution is 7.27. The van der Waals surface area contributed by atoms with Gasteiger partial charge in [0.05, 0.1) is 10.2 Å². The van der Waals surface area contributed by atoms with Gasteiger partial charge in [0.15, 0.2) is 0 Å². The minimum Gasteiger partial charge on any atom is -0.455 e. The van der Waals surface area contributed by atoms with Crippen LogP contribution in [0.1, 0.15) is 22.6 Å². The quantitative estimate of drug-likeness (QED) is 0.152. The molecule has 10 aromatic rings.